The fourth-order valence-corrected chi connectivity index (χ4v) is 1.23. The van der Waals surface area contributed by atoms with Crippen molar-refractivity contribution < 1.29 is 20.1 Å². The Morgan fingerprint density at radius 2 is 2.07 bits per heavy atom. The van der Waals surface area contributed by atoms with E-state index in [1.54, 1.807) is 13.0 Å². The van der Waals surface area contributed by atoms with Crippen LogP contribution in [-0.2, 0) is 4.79 Å². The van der Waals surface area contributed by atoms with E-state index in [-0.39, 0.29) is 11.3 Å². The maximum absolute atomic E-state index is 10.5. The lowest BCUT2D eigenvalue weighted by Crippen LogP contribution is -2.36. The Bertz CT molecular complexity index is 378. The van der Waals surface area contributed by atoms with E-state index in [1.807, 2.05) is 0 Å². The lowest BCUT2D eigenvalue weighted by Gasteiger charge is -2.16. The van der Waals surface area contributed by atoms with Crippen molar-refractivity contribution in [3.05, 3.63) is 29.3 Å². The van der Waals surface area contributed by atoms with E-state index in [1.165, 1.54) is 12.1 Å². The van der Waals surface area contributed by atoms with Gasteiger partial charge in [-0.1, -0.05) is 12.1 Å². The number of rotatable bonds is 3. The van der Waals surface area contributed by atoms with Gasteiger partial charge in [0.15, 0.2) is 0 Å². The molecule has 15 heavy (non-hydrogen) atoms. The molecule has 0 spiro atoms. The van der Waals surface area contributed by atoms with Crippen LogP contribution in [0.4, 0.5) is 0 Å². The van der Waals surface area contributed by atoms with Crippen molar-refractivity contribution in [1.29, 1.82) is 0 Å². The van der Waals surface area contributed by atoms with Crippen LogP contribution in [0.5, 0.6) is 5.75 Å². The molecule has 82 valence electrons. The monoisotopic (exact) mass is 211 g/mol. The van der Waals surface area contributed by atoms with Gasteiger partial charge < -0.3 is 21.1 Å². The van der Waals surface area contributed by atoms with E-state index in [0.29, 0.717) is 0 Å². The molecule has 0 bridgehead atoms. The smallest absolute Gasteiger partial charge is 0.323 e. The molecule has 0 heterocycles. The first-order valence-electron chi connectivity index (χ1n) is 4.39. The Labute approximate surface area is 86.8 Å². The number of aromatic hydroxyl groups is 1. The molecule has 1 aromatic rings. The molecule has 2 unspecified atom stereocenters. The zero-order chi connectivity index (χ0) is 11.6. The third-order valence-corrected chi connectivity index (χ3v) is 2.13. The Kier molecular flexibility index (Phi) is 3.28. The van der Waals surface area contributed by atoms with Gasteiger partial charge in [-0.05, 0) is 18.6 Å². The van der Waals surface area contributed by atoms with Crippen LogP contribution in [0, 0.1) is 6.92 Å². The predicted molar refractivity (Wildman–Crippen MR) is 53.4 cm³/mol. The minimum Gasteiger partial charge on any atom is -0.508 e. The van der Waals surface area contributed by atoms with Crippen molar-refractivity contribution in [3.63, 3.8) is 0 Å². The van der Waals surface area contributed by atoms with Gasteiger partial charge in [-0.2, -0.15) is 0 Å². The van der Waals surface area contributed by atoms with Gasteiger partial charge in [0, 0.05) is 5.56 Å². The molecule has 0 fully saturated rings. The number of aliphatic hydroxyl groups excluding tert-OH is 1. The molecule has 5 N–H and O–H groups in total. The Morgan fingerprint density at radius 3 is 2.53 bits per heavy atom. The highest BCUT2D eigenvalue weighted by Gasteiger charge is 2.25. The highest BCUT2D eigenvalue weighted by molar-refractivity contribution is 5.74. The van der Waals surface area contributed by atoms with Crippen LogP contribution in [0.15, 0.2) is 18.2 Å². The van der Waals surface area contributed by atoms with Crippen LogP contribution >= 0.6 is 0 Å². The van der Waals surface area contributed by atoms with Gasteiger partial charge in [0.25, 0.3) is 0 Å². The molecule has 0 amide bonds. The third kappa shape index (κ3) is 2.45. The first-order valence-corrected chi connectivity index (χ1v) is 4.39. The topological polar surface area (TPSA) is 104 Å². The summed E-state index contributed by atoms with van der Waals surface area (Å²) in [5, 5.41) is 27.6. The van der Waals surface area contributed by atoms with Gasteiger partial charge in [-0.15, -0.1) is 0 Å². The Balaban J connectivity index is 3.01. The van der Waals surface area contributed by atoms with Gasteiger partial charge in [-0.25, -0.2) is 0 Å². The van der Waals surface area contributed by atoms with Gasteiger partial charge in [0.05, 0.1) is 0 Å². The normalized spacial score (nSPS) is 14.6. The number of aryl methyl sites for hydroxylation is 1. The highest BCUT2D eigenvalue weighted by Crippen LogP contribution is 2.26. The summed E-state index contributed by atoms with van der Waals surface area (Å²) >= 11 is 0. The number of carboxylic acids is 1. The fraction of sp³-hybridized carbons (Fsp3) is 0.300. The summed E-state index contributed by atoms with van der Waals surface area (Å²) in [6, 6.07) is 3.11. The number of aliphatic carboxylic acids is 1. The number of benzene rings is 1. The number of phenols is 1. The summed E-state index contributed by atoms with van der Waals surface area (Å²) in [5.74, 6) is -1.47. The number of nitrogens with two attached hydrogens (primary N) is 1. The minimum absolute atomic E-state index is 0.121. The first-order chi connectivity index (χ1) is 6.93. The molecule has 1 rings (SSSR count). The van der Waals surface area contributed by atoms with Crippen LogP contribution in [0.3, 0.4) is 0 Å². The van der Waals surface area contributed by atoms with E-state index in [2.05, 4.69) is 0 Å². The lowest BCUT2D eigenvalue weighted by molar-refractivity contribution is -0.141. The van der Waals surface area contributed by atoms with E-state index in [9.17, 15) is 15.0 Å². The second-order valence-corrected chi connectivity index (χ2v) is 3.37. The maximum atomic E-state index is 10.5. The van der Waals surface area contributed by atoms with E-state index >= 15 is 0 Å². The van der Waals surface area contributed by atoms with Crippen molar-refractivity contribution in [3.8, 4) is 5.75 Å². The van der Waals surface area contributed by atoms with Crippen LogP contribution in [0.25, 0.3) is 0 Å². The van der Waals surface area contributed by atoms with Gasteiger partial charge >= 0.3 is 5.97 Å². The number of carbonyl (C=O) groups is 1. The molecule has 0 aliphatic heterocycles. The van der Waals surface area contributed by atoms with E-state index in [0.717, 1.165) is 5.56 Å². The van der Waals surface area contributed by atoms with Crippen LogP contribution in [-0.4, -0.2) is 27.3 Å². The molecule has 5 heteroatoms. The summed E-state index contributed by atoms with van der Waals surface area (Å²) in [5.41, 5.74) is 6.17. The van der Waals surface area contributed by atoms with Gasteiger partial charge in [0.2, 0.25) is 0 Å². The third-order valence-electron chi connectivity index (χ3n) is 2.13. The zero-order valence-corrected chi connectivity index (χ0v) is 8.21. The number of carboxylic acid groups (broad SMARTS) is 1. The predicted octanol–water partition coefficient (Wildman–Crippen LogP) is 0.146. The summed E-state index contributed by atoms with van der Waals surface area (Å²) in [7, 11) is 0. The standard InChI is InChI=1S/C10H13NO4/c1-5-2-3-6(7(12)4-5)9(13)8(11)10(14)15/h2-4,8-9,12-13H,11H2,1H3,(H,14,15). The summed E-state index contributed by atoms with van der Waals surface area (Å²) in [4.78, 5) is 10.5. The van der Waals surface area contributed by atoms with Crippen molar-refractivity contribution in [2.45, 2.75) is 19.1 Å². The van der Waals surface area contributed by atoms with Crippen LogP contribution in [0.1, 0.15) is 17.2 Å². The average molecular weight is 211 g/mol. The SMILES string of the molecule is Cc1ccc(C(O)C(N)C(=O)O)c(O)c1. The molecular formula is C10H13NO4. The molecule has 0 aromatic heterocycles. The van der Waals surface area contributed by atoms with E-state index in [4.69, 9.17) is 10.8 Å². The zero-order valence-electron chi connectivity index (χ0n) is 8.21. The molecule has 5 nitrogen and oxygen atoms in total. The summed E-state index contributed by atoms with van der Waals surface area (Å²) < 4.78 is 0. The number of hydrogen-bond donors (Lipinski definition) is 4. The molecular weight excluding hydrogens is 198 g/mol. The molecule has 1 aromatic carbocycles. The second-order valence-electron chi connectivity index (χ2n) is 3.37. The minimum atomic E-state index is -1.45. The van der Waals surface area contributed by atoms with Crippen LogP contribution in [0.2, 0.25) is 0 Å². The quantitative estimate of drug-likeness (QED) is 0.569. The molecule has 0 saturated heterocycles. The molecule has 2 atom stereocenters. The largest absolute Gasteiger partial charge is 0.508 e. The number of aliphatic hydroxyl groups is 1. The molecule has 0 aliphatic carbocycles. The maximum Gasteiger partial charge on any atom is 0.323 e. The average Bonchev–Trinajstić information content (AvgIpc) is 2.15. The summed E-state index contributed by atoms with van der Waals surface area (Å²) in [6.07, 6.45) is -1.41. The number of hydrogen-bond acceptors (Lipinski definition) is 4. The highest BCUT2D eigenvalue weighted by atomic mass is 16.4. The van der Waals surface area contributed by atoms with Crippen molar-refractivity contribution in [1.82, 2.24) is 0 Å². The molecule has 0 aliphatic rings. The van der Waals surface area contributed by atoms with Gasteiger partial charge in [-0.3, -0.25) is 4.79 Å². The second kappa shape index (κ2) is 4.29. The number of phenolic OH excluding ortho intramolecular Hbond substituents is 1. The van der Waals surface area contributed by atoms with Crippen molar-refractivity contribution >= 4 is 5.97 Å². The van der Waals surface area contributed by atoms with Crippen LogP contribution < -0.4 is 5.73 Å². The first kappa shape index (κ1) is 11.5. The summed E-state index contributed by atoms with van der Waals surface area (Å²) in [6.45, 7) is 1.77. The Hall–Kier alpha value is -1.59. The molecule has 0 radical (unpaired) electrons. The van der Waals surface area contributed by atoms with Crippen molar-refractivity contribution in [2.24, 2.45) is 5.73 Å². The lowest BCUT2D eigenvalue weighted by atomic mass is 10.0. The van der Waals surface area contributed by atoms with Gasteiger partial charge in [0.1, 0.15) is 17.9 Å². The van der Waals surface area contributed by atoms with Crippen molar-refractivity contribution in [2.75, 3.05) is 0 Å². The fourth-order valence-electron chi connectivity index (χ4n) is 1.23. The Morgan fingerprint density at radius 1 is 1.47 bits per heavy atom. The molecule has 0 saturated carbocycles. The van der Waals surface area contributed by atoms with E-state index < -0.39 is 18.1 Å².